The van der Waals surface area contributed by atoms with Gasteiger partial charge in [-0.25, -0.2) is 17.2 Å². The van der Waals surface area contributed by atoms with E-state index in [0.29, 0.717) is 12.0 Å². The number of rotatable bonds is 8. The van der Waals surface area contributed by atoms with Crippen molar-refractivity contribution in [1.29, 1.82) is 10.5 Å². The van der Waals surface area contributed by atoms with Crippen molar-refractivity contribution in [3.63, 3.8) is 0 Å². The van der Waals surface area contributed by atoms with Crippen LogP contribution in [0.4, 0.5) is 0 Å². The summed E-state index contributed by atoms with van der Waals surface area (Å²) in [4.78, 5) is 0. The van der Waals surface area contributed by atoms with Crippen LogP contribution in [0.1, 0.15) is 167 Å². The molecule has 0 spiro atoms. The Kier molecular flexibility index (Phi) is 31.4. The van der Waals surface area contributed by atoms with Gasteiger partial charge in [0.25, 0.3) is 0 Å². The summed E-state index contributed by atoms with van der Waals surface area (Å²) in [5, 5.41) is 18.8. The minimum absolute atomic E-state index is 0. The Bertz CT molecular complexity index is 3440. The van der Waals surface area contributed by atoms with Crippen molar-refractivity contribution >= 4 is 5.57 Å². The van der Waals surface area contributed by atoms with E-state index in [9.17, 15) is 10.5 Å². The first-order valence-corrected chi connectivity index (χ1v) is 29.2. The molecule has 0 saturated carbocycles. The molecule has 2 aliphatic rings. The van der Waals surface area contributed by atoms with Crippen LogP contribution in [0.25, 0.3) is 39.0 Å². The van der Waals surface area contributed by atoms with E-state index < -0.39 is 10.8 Å². The smallest absolute Gasteiger partial charge is 0.0564 e. The molecule has 0 amide bonds. The minimum atomic E-state index is -0.473. The van der Waals surface area contributed by atoms with Crippen molar-refractivity contribution in [3.05, 3.63) is 291 Å². The zero-order valence-electron chi connectivity index (χ0n) is 51.9. The largest absolute Gasteiger partial charge is 0.340 e. The maximum absolute atomic E-state index is 9.51. The zero-order valence-corrected chi connectivity index (χ0v) is 57.6. The zero-order chi connectivity index (χ0) is 59.0. The molecule has 0 atom stereocenters. The molecule has 416 valence electrons. The Morgan fingerprint density at radius 2 is 0.720 bits per heavy atom. The Labute approximate surface area is 547 Å². The third-order valence-electron chi connectivity index (χ3n) is 14.3. The molecule has 0 aliphatic heterocycles. The van der Waals surface area contributed by atoms with Crippen LogP contribution in [0.3, 0.4) is 0 Å². The molecule has 4 heteroatoms. The van der Waals surface area contributed by atoms with Crippen molar-refractivity contribution in [1.82, 2.24) is 0 Å². The van der Waals surface area contributed by atoms with Crippen LogP contribution in [0, 0.1) is 75.1 Å². The number of fused-ring (bicyclic) bond motifs is 6. The average molecular weight is 1230 g/mol. The fraction of sp³-hybridized carbons (Fsp3) is 0.256. The van der Waals surface area contributed by atoms with Crippen LogP contribution in [0.5, 0.6) is 0 Å². The second kappa shape index (κ2) is 35.8. The van der Waals surface area contributed by atoms with Gasteiger partial charge in [0, 0.05) is 71.8 Å². The number of nitrogens with zero attached hydrogens (tertiary/aromatic N) is 2. The Morgan fingerprint density at radius 3 is 1.11 bits per heavy atom. The molecule has 9 aromatic carbocycles. The van der Waals surface area contributed by atoms with Gasteiger partial charge in [-0.05, 0) is 89.8 Å². The molecule has 0 fully saturated rings. The number of allylic oxidation sites excluding steroid dienone is 1. The Morgan fingerprint density at radius 1 is 0.378 bits per heavy atom. The van der Waals surface area contributed by atoms with Crippen LogP contribution in [0.2, 0.25) is 0 Å². The van der Waals surface area contributed by atoms with Crippen LogP contribution in [-0.2, 0) is 82.7 Å². The van der Waals surface area contributed by atoms with E-state index in [-0.39, 0.29) is 71.8 Å². The maximum Gasteiger partial charge on any atom is 0.0564 e. The molecule has 0 aromatic heterocycles. The number of aryl methyl sites for hydroxylation is 4. The molecule has 0 unspecified atom stereocenters. The Balaban J connectivity index is 0.000000467. The van der Waals surface area contributed by atoms with Gasteiger partial charge in [0.05, 0.1) is 23.0 Å². The molecule has 11 rings (SSSR count). The molecule has 2 aliphatic carbocycles. The molecular weight excluding hydrogens is 1140 g/mol. The van der Waals surface area contributed by atoms with E-state index in [1.54, 1.807) is 0 Å². The van der Waals surface area contributed by atoms with Gasteiger partial charge in [0.1, 0.15) is 0 Å². The molecular formula is C78H84N2Y2-4. The van der Waals surface area contributed by atoms with E-state index in [0.717, 1.165) is 33.4 Å². The second-order valence-electron chi connectivity index (χ2n) is 17.9. The molecule has 82 heavy (non-hydrogen) atoms. The van der Waals surface area contributed by atoms with Crippen molar-refractivity contribution in [3.8, 4) is 45.5 Å². The van der Waals surface area contributed by atoms with Gasteiger partial charge in [-0.1, -0.05) is 240 Å². The predicted octanol–water partition coefficient (Wildman–Crippen LogP) is 21.3. The maximum atomic E-state index is 9.51. The molecule has 0 saturated heterocycles. The molecule has 2 radical (unpaired) electrons. The summed E-state index contributed by atoms with van der Waals surface area (Å²) in [5.41, 5.74) is 23.1. The first-order chi connectivity index (χ1) is 39.3. The quantitative estimate of drug-likeness (QED) is 0.142. The standard InChI is InChI=1S/C35H25N.C31H23N.6C2H6.2Y/c1-24-12-3-8-18-30(24)35(31-19-9-4-13-25(31)2)32-20-10-7-16-29(32)34-28(17-11-21-33(34)35)27-15-6-5-14-26(27)22-23-36;1-21(19-20-32)24-14-10-18-29-30(24)25-13-6-9-17-28(25)31(29,26-15-7-4-11-22(26)2)27-16-8-5-12-23(27)3;6*1-2;;/h3-14,16,18-21H,22H2,1-2H3;1,4-13,15-18H,19H2,2-3H3;6*1-2H3;;/q2*-2;;;;;;;;. The van der Waals surface area contributed by atoms with Gasteiger partial charge in [-0.2, -0.15) is 58.0 Å². The third-order valence-corrected chi connectivity index (χ3v) is 14.3. The van der Waals surface area contributed by atoms with Crippen molar-refractivity contribution in [2.45, 2.75) is 134 Å². The molecule has 9 aromatic rings. The van der Waals surface area contributed by atoms with Crippen molar-refractivity contribution in [2.75, 3.05) is 0 Å². The fourth-order valence-corrected chi connectivity index (χ4v) is 11.5. The number of hydrogen-bond acceptors (Lipinski definition) is 2. The summed E-state index contributed by atoms with van der Waals surface area (Å²) in [5.74, 6) is 0. The summed E-state index contributed by atoms with van der Waals surface area (Å²) < 4.78 is 0. The average Bonchev–Trinajstić information content (AvgIpc) is 2.24. The Hall–Kier alpha value is -6.09. The van der Waals surface area contributed by atoms with E-state index >= 15 is 0 Å². The molecule has 0 bridgehead atoms. The van der Waals surface area contributed by atoms with E-state index in [2.05, 4.69) is 216 Å². The van der Waals surface area contributed by atoms with Crippen LogP contribution >= 0.6 is 0 Å². The summed E-state index contributed by atoms with van der Waals surface area (Å²) in [6.45, 7) is 39.2. The van der Waals surface area contributed by atoms with Crippen molar-refractivity contribution in [2.24, 2.45) is 0 Å². The SMILES string of the molecule is CC.CC.CC.CC.CC.CC.Cc1ccccc1C1(c2ccccc2C)c2ccccc2-c2c(-c3[c-]cccc3CC#N)[c-]ccc21.[CH-]=C(CC#N)c1[c-]ccc2c1-c1ccccc1C2(c1ccccc1C)c1ccccc1C.[Y].[Y]. The van der Waals surface area contributed by atoms with Gasteiger partial charge in [0.15, 0.2) is 0 Å². The summed E-state index contributed by atoms with van der Waals surface area (Å²) in [7, 11) is 0. The van der Waals surface area contributed by atoms with E-state index in [1.165, 1.54) is 77.9 Å². The normalized spacial score (nSPS) is 11.3. The van der Waals surface area contributed by atoms with Gasteiger partial charge < -0.3 is 6.58 Å². The first-order valence-electron chi connectivity index (χ1n) is 29.2. The van der Waals surface area contributed by atoms with Crippen molar-refractivity contribution < 1.29 is 65.4 Å². The number of nitriles is 2. The second-order valence-corrected chi connectivity index (χ2v) is 17.9. The number of benzene rings is 9. The van der Waals surface area contributed by atoms with E-state index in [1.807, 2.05) is 113 Å². The topological polar surface area (TPSA) is 47.6 Å². The fourth-order valence-electron chi connectivity index (χ4n) is 11.5. The summed E-state index contributed by atoms with van der Waals surface area (Å²) >= 11 is 0. The van der Waals surface area contributed by atoms with Gasteiger partial charge in [-0.3, -0.25) is 11.1 Å². The monoisotopic (exact) mass is 1230 g/mol. The van der Waals surface area contributed by atoms with Gasteiger partial charge >= 0.3 is 0 Å². The third kappa shape index (κ3) is 13.8. The first kappa shape index (κ1) is 72.0. The van der Waals surface area contributed by atoms with Crippen LogP contribution in [-0.4, -0.2) is 0 Å². The molecule has 0 N–H and O–H groups in total. The van der Waals surface area contributed by atoms with Crippen LogP contribution in [0.15, 0.2) is 188 Å². The summed E-state index contributed by atoms with van der Waals surface area (Å²) in [6.07, 6.45) is 0.517. The summed E-state index contributed by atoms with van der Waals surface area (Å²) in [6, 6.07) is 81.4. The predicted molar refractivity (Wildman–Crippen MR) is 344 cm³/mol. The van der Waals surface area contributed by atoms with Gasteiger partial charge in [0.2, 0.25) is 0 Å². The minimum Gasteiger partial charge on any atom is -0.340 e. The molecule has 0 heterocycles. The van der Waals surface area contributed by atoms with Gasteiger partial charge in [-0.15, -0.1) is 34.9 Å². The van der Waals surface area contributed by atoms with E-state index in [4.69, 9.17) is 6.58 Å². The van der Waals surface area contributed by atoms with Crippen LogP contribution < -0.4 is 0 Å². The number of hydrogen-bond donors (Lipinski definition) is 0. The molecule has 2 nitrogen and oxygen atoms in total.